The van der Waals surface area contributed by atoms with Gasteiger partial charge in [-0.2, -0.15) is 0 Å². The largest absolute Gasteiger partial charge is 0.521 e. The highest BCUT2D eigenvalue weighted by Gasteiger charge is 2.38. The molecule has 0 fully saturated rings. The molecule has 266 valence electrons. The van der Waals surface area contributed by atoms with E-state index in [9.17, 15) is 27.8 Å². The zero-order valence-electron chi connectivity index (χ0n) is 28.3. The average molecular weight is 805 g/mol. The van der Waals surface area contributed by atoms with Crippen molar-refractivity contribution in [3.05, 3.63) is 64.1 Å². The summed E-state index contributed by atoms with van der Waals surface area (Å²) in [6.45, 7) is 14.7. The topological polar surface area (TPSA) is 158 Å². The third kappa shape index (κ3) is 18.4. The molecule has 2 aromatic carbocycles. The number of benzene rings is 2. The number of hydrogen-bond acceptors (Lipinski definition) is 12. The van der Waals surface area contributed by atoms with Gasteiger partial charge in [-0.05, 0) is 84.2 Å². The number of carbonyl (C=O) groups is 2. The maximum absolute atomic E-state index is 13.2. The Bertz CT molecular complexity index is 1360. The Balaban J connectivity index is 0.000000746. The Labute approximate surface area is 288 Å². The summed E-state index contributed by atoms with van der Waals surface area (Å²) in [6.07, 6.45) is 0. The van der Waals surface area contributed by atoms with Gasteiger partial charge in [0.15, 0.2) is 11.6 Å². The lowest BCUT2D eigenvalue weighted by molar-refractivity contribution is 0.100. The van der Waals surface area contributed by atoms with Gasteiger partial charge in [0.05, 0.1) is 39.6 Å². The molecule has 0 aromatic heterocycles. The molecule has 2 atom stereocenters. The summed E-state index contributed by atoms with van der Waals surface area (Å²) in [6, 6.07) is 13.6. The van der Waals surface area contributed by atoms with E-state index < -0.39 is 30.6 Å². The predicted molar refractivity (Wildman–Crippen MR) is 190 cm³/mol. The van der Waals surface area contributed by atoms with Crippen LogP contribution in [0.4, 0.5) is 0 Å². The third-order valence-corrected chi connectivity index (χ3v) is 16.1. The SMILES string of the molecule is CC(=O)c1ccc(Br)cc1.CCOP(=O)(CP(=O)(OCC)c1ccc(C(C)=O)cc1)OCC.CCO[P+](=O)CP(=O)(OCC)OCC. The number of ketones is 2. The lowest BCUT2D eigenvalue weighted by Gasteiger charge is -2.23. The predicted octanol–water partition coefficient (Wildman–Crippen LogP) is 9.69. The van der Waals surface area contributed by atoms with Gasteiger partial charge in [0, 0.05) is 20.9 Å². The number of halogens is 1. The van der Waals surface area contributed by atoms with Gasteiger partial charge in [-0.15, -0.1) is 4.52 Å². The van der Waals surface area contributed by atoms with Crippen molar-refractivity contribution in [3.8, 4) is 0 Å². The van der Waals surface area contributed by atoms with E-state index in [4.69, 9.17) is 27.1 Å². The Morgan fingerprint density at radius 2 is 1.00 bits per heavy atom. The zero-order chi connectivity index (χ0) is 36.1. The molecule has 0 aliphatic rings. The molecule has 0 N–H and O–H groups in total. The minimum atomic E-state index is -3.52. The van der Waals surface area contributed by atoms with Gasteiger partial charge in [0.25, 0.3) is 5.90 Å². The molecule has 2 aromatic rings. The Morgan fingerprint density at radius 1 is 0.617 bits per heavy atom. The second-order valence-corrected chi connectivity index (χ2v) is 18.9. The number of hydrogen-bond donors (Lipinski definition) is 0. The van der Waals surface area contributed by atoms with Gasteiger partial charge in [-0.25, -0.2) is 0 Å². The fraction of sp³-hybridized carbons (Fsp3) is 0.533. The van der Waals surface area contributed by atoms with Gasteiger partial charge in [0.2, 0.25) is 7.37 Å². The minimum absolute atomic E-state index is 0.0860. The van der Waals surface area contributed by atoms with Crippen molar-refractivity contribution in [2.45, 2.75) is 55.4 Å². The lowest BCUT2D eigenvalue weighted by Crippen LogP contribution is -2.13. The molecule has 2 unspecified atom stereocenters. The van der Waals surface area contributed by atoms with Crippen molar-refractivity contribution >= 4 is 63.4 Å². The molecule has 17 heteroatoms. The van der Waals surface area contributed by atoms with Crippen LogP contribution in [0.25, 0.3) is 0 Å². The summed E-state index contributed by atoms with van der Waals surface area (Å²) in [5.41, 5.74) is 1.26. The van der Waals surface area contributed by atoms with Crippen LogP contribution in [0.3, 0.4) is 0 Å². The number of carbonyl (C=O) groups excluding carboxylic acids is 2. The molecule has 0 saturated carbocycles. The molecular weight excluding hydrogens is 756 g/mol. The standard InChI is InChI=1S/C15H24O6P2.C8H7BrO.C7H17O5P2/c1-5-19-22(17,12-23(18,20-6-2)21-7-3)15-10-8-14(9-11-15)13(4)16;1-6(10)7-2-4-8(9)5-3-7;1-4-10-13(8)7-14(9,11-5-2)12-6-3/h8-11H,5-7,12H2,1-4H3;2-5H,1H3;4-7H2,1-3H3/q;;+1. The number of rotatable bonds is 19. The molecule has 2 rings (SSSR count). The van der Waals surface area contributed by atoms with E-state index in [0.29, 0.717) is 17.5 Å². The van der Waals surface area contributed by atoms with Crippen LogP contribution in [0.1, 0.15) is 76.1 Å². The smallest absolute Gasteiger partial charge is 0.325 e. The van der Waals surface area contributed by atoms with E-state index in [0.717, 1.165) is 10.0 Å². The second-order valence-electron chi connectivity index (χ2n) is 9.18. The highest BCUT2D eigenvalue weighted by atomic mass is 79.9. The Morgan fingerprint density at radius 3 is 1.36 bits per heavy atom. The van der Waals surface area contributed by atoms with E-state index in [1.165, 1.54) is 6.92 Å². The summed E-state index contributed by atoms with van der Waals surface area (Å²) >= 11 is 3.28. The first-order valence-corrected chi connectivity index (χ1v) is 22.5. The summed E-state index contributed by atoms with van der Waals surface area (Å²) < 4.78 is 80.5. The van der Waals surface area contributed by atoms with Crippen LogP contribution >= 0.6 is 46.5 Å². The zero-order valence-corrected chi connectivity index (χ0v) is 33.5. The van der Waals surface area contributed by atoms with E-state index in [2.05, 4.69) is 15.9 Å². The highest BCUT2D eigenvalue weighted by Crippen LogP contribution is 2.62. The lowest BCUT2D eigenvalue weighted by atomic mass is 10.2. The van der Waals surface area contributed by atoms with Crippen LogP contribution in [-0.2, 0) is 45.4 Å². The van der Waals surface area contributed by atoms with Crippen LogP contribution < -0.4 is 5.30 Å². The van der Waals surface area contributed by atoms with Crippen molar-refractivity contribution in [1.82, 2.24) is 0 Å². The molecule has 0 bridgehead atoms. The van der Waals surface area contributed by atoms with Crippen molar-refractivity contribution < 1.29 is 55.0 Å². The fourth-order valence-corrected chi connectivity index (χ4v) is 12.6. The van der Waals surface area contributed by atoms with E-state index in [1.54, 1.807) is 84.9 Å². The van der Waals surface area contributed by atoms with Crippen molar-refractivity contribution in [3.63, 3.8) is 0 Å². The van der Waals surface area contributed by atoms with Gasteiger partial charge in [-0.3, -0.25) is 23.3 Å². The van der Waals surface area contributed by atoms with Gasteiger partial charge >= 0.3 is 23.2 Å². The third-order valence-electron chi connectivity index (χ3n) is 5.48. The van der Waals surface area contributed by atoms with E-state index >= 15 is 0 Å². The summed E-state index contributed by atoms with van der Waals surface area (Å²) in [4.78, 5) is 22.1. The van der Waals surface area contributed by atoms with Crippen LogP contribution in [-0.4, -0.2) is 63.0 Å². The van der Waals surface area contributed by atoms with E-state index in [-0.39, 0.29) is 56.4 Å². The first kappa shape index (κ1) is 45.8. The van der Waals surface area contributed by atoms with Crippen LogP contribution in [0.2, 0.25) is 0 Å². The monoisotopic (exact) mass is 803 g/mol. The maximum Gasteiger partial charge on any atom is 0.521 e. The summed E-state index contributed by atoms with van der Waals surface area (Å²) in [5, 5.41) is 0.393. The van der Waals surface area contributed by atoms with Crippen LogP contribution in [0.15, 0.2) is 53.0 Å². The molecule has 47 heavy (non-hydrogen) atoms. The first-order valence-electron chi connectivity index (χ1n) is 15.0. The summed E-state index contributed by atoms with van der Waals surface area (Å²) in [5.74, 6) is -0.475. The molecule has 0 spiro atoms. The second kappa shape index (κ2) is 24.0. The maximum atomic E-state index is 13.2. The van der Waals surface area contributed by atoms with Crippen molar-refractivity contribution in [2.75, 3.05) is 51.4 Å². The first-order chi connectivity index (χ1) is 22.1. The molecular formula is C30H48BrO12P4+. The normalized spacial score (nSPS) is 12.9. The molecule has 0 heterocycles. The van der Waals surface area contributed by atoms with Crippen LogP contribution in [0.5, 0.6) is 0 Å². The van der Waals surface area contributed by atoms with Gasteiger partial charge in [0.1, 0.15) is 5.90 Å². The Kier molecular flexibility index (Phi) is 23.4. The molecule has 0 aliphatic heterocycles. The van der Waals surface area contributed by atoms with Crippen LogP contribution in [0, 0.1) is 0 Å². The van der Waals surface area contributed by atoms with Gasteiger partial charge < -0.3 is 22.6 Å². The number of Topliss-reactive ketones (excluding diaryl/α,β-unsaturated/α-hetero) is 2. The van der Waals surface area contributed by atoms with E-state index in [1.807, 2.05) is 12.1 Å². The van der Waals surface area contributed by atoms with Crippen molar-refractivity contribution in [2.24, 2.45) is 0 Å². The molecule has 12 nitrogen and oxygen atoms in total. The molecule has 0 saturated heterocycles. The molecule has 0 radical (unpaired) electrons. The average Bonchev–Trinajstić information content (AvgIpc) is 2.98. The highest BCUT2D eigenvalue weighted by molar-refractivity contribution is 9.10. The molecule has 0 amide bonds. The van der Waals surface area contributed by atoms with Crippen molar-refractivity contribution in [1.29, 1.82) is 0 Å². The quantitative estimate of drug-likeness (QED) is 0.0979. The fourth-order valence-electron chi connectivity index (χ4n) is 3.59. The Hall–Kier alpha value is -1.19. The molecule has 0 aliphatic carbocycles. The summed E-state index contributed by atoms with van der Waals surface area (Å²) in [7, 11) is -12.1. The van der Waals surface area contributed by atoms with Gasteiger partial charge in [-0.1, -0.05) is 40.2 Å². The minimum Gasteiger partial charge on any atom is -0.325 e.